The van der Waals surface area contributed by atoms with E-state index >= 15 is 0 Å². The highest BCUT2D eigenvalue weighted by Crippen LogP contribution is 2.42. The third-order valence-corrected chi connectivity index (χ3v) is 5.28. The highest BCUT2D eigenvalue weighted by atomic mass is 19.3. The predicted octanol–water partition coefficient (Wildman–Crippen LogP) is 5.31. The normalized spacial score (nSPS) is 23.0. The first kappa shape index (κ1) is 17.8. The van der Waals surface area contributed by atoms with Crippen LogP contribution >= 0.6 is 0 Å². The fourth-order valence-electron chi connectivity index (χ4n) is 3.93. The van der Waals surface area contributed by atoms with Gasteiger partial charge in [0.2, 0.25) is 5.91 Å². The number of fused-ring (bicyclic) bond motifs is 1. The Kier molecular flexibility index (Phi) is 4.72. The highest BCUT2D eigenvalue weighted by Gasteiger charge is 2.43. The van der Waals surface area contributed by atoms with Crippen molar-refractivity contribution >= 4 is 11.6 Å². The Morgan fingerprint density at radius 3 is 2.44 bits per heavy atom. The van der Waals surface area contributed by atoms with Crippen molar-refractivity contribution in [2.75, 3.05) is 5.32 Å². The summed E-state index contributed by atoms with van der Waals surface area (Å²) in [4.78, 5) is 12.3. The number of benzene rings is 2. The van der Waals surface area contributed by atoms with E-state index in [1.54, 1.807) is 0 Å². The fraction of sp³-hybridized carbons (Fsp3) is 0.381. The lowest BCUT2D eigenvalue weighted by atomic mass is 9.77. The minimum absolute atomic E-state index is 0.0303. The molecule has 1 heterocycles. The first-order chi connectivity index (χ1) is 13.0. The Morgan fingerprint density at radius 1 is 1.00 bits per heavy atom. The molecule has 0 radical (unpaired) electrons. The molecule has 0 unspecified atom stereocenters. The van der Waals surface area contributed by atoms with Gasteiger partial charge >= 0.3 is 6.29 Å². The van der Waals surface area contributed by atoms with Gasteiger partial charge in [0.05, 0.1) is 0 Å². The van der Waals surface area contributed by atoms with E-state index in [1.165, 1.54) is 23.8 Å². The first-order valence-electron chi connectivity index (χ1n) is 9.23. The SMILES string of the molecule is O=C(C[C@H]1CC[C@H](c2ccccc2)CC1)Nc1ccc2c(c1)OC(F)(F)O2. The van der Waals surface area contributed by atoms with Crippen molar-refractivity contribution < 1.29 is 23.0 Å². The second kappa shape index (κ2) is 7.18. The lowest BCUT2D eigenvalue weighted by Gasteiger charge is -2.28. The number of anilines is 1. The molecule has 1 fully saturated rings. The van der Waals surface area contributed by atoms with Crippen molar-refractivity contribution in [3.63, 3.8) is 0 Å². The summed E-state index contributed by atoms with van der Waals surface area (Å²) in [5, 5.41) is 2.77. The van der Waals surface area contributed by atoms with E-state index in [9.17, 15) is 13.6 Å². The molecular formula is C21H21F2NO3. The summed E-state index contributed by atoms with van der Waals surface area (Å²) >= 11 is 0. The van der Waals surface area contributed by atoms with Crippen molar-refractivity contribution in [3.05, 3.63) is 54.1 Å². The number of amides is 1. The van der Waals surface area contributed by atoms with Crippen LogP contribution in [-0.4, -0.2) is 12.2 Å². The molecule has 0 aromatic heterocycles. The van der Waals surface area contributed by atoms with Crippen LogP contribution in [0, 0.1) is 5.92 Å². The van der Waals surface area contributed by atoms with Gasteiger partial charge in [0, 0.05) is 18.2 Å². The number of hydrogen-bond acceptors (Lipinski definition) is 3. The molecule has 0 spiro atoms. The fourth-order valence-corrected chi connectivity index (χ4v) is 3.93. The van der Waals surface area contributed by atoms with Crippen molar-refractivity contribution in [2.24, 2.45) is 5.92 Å². The average Bonchev–Trinajstić information content (AvgIpc) is 2.96. The van der Waals surface area contributed by atoms with Crippen LogP contribution in [-0.2, 0) is 4.79 Å². The van der Waals surface area contributed by atoms with Crippen LogP contribution in [0.5, 0.6) is 11.5 Å². The lowest BCUT2D eigenvalue weighted by Crippen LogP contribution is -2.25. The van der Waals surface area contributed by atoms with E-state index in [0.29, 0.717) is 23.9 Å². The number of nitrogens with one attached hydrogen (secondary N) is 1. The van der Waals surface area contributed by atoms with Crippen LogP contribution in [0.4, 0.5) is 14.5 Å². The van der Waals surface area contributed by atoms with E-state index in [4.69, 9.17) is 0 Å². The van der Waals surface area contributed by atoms with E-state index in [2.05, 4.69) is 39.1 Å². The molecule has 1 aliphatic carbocycles. The molecule has 1 aliphatic heterocycles. The minimum atomic E-state index is -3.65. The van der Waals surface area contributed by atoms with Crippen molar-refractivity contribution in [3.8, 4) is 11.5 Å². The third-order valence-electron chi connectivity index (χ3n) is 5.28. The summed E-state index contributed by atoms with van der Waals surface area (Å²) in [6, 6.07) is 14.8. The number of carbonyl (C=O) groups is 1. The third kappa shape index (κ3) is 4.21. The molecule has 2 aliphatic rings. The Bertz CT molecular complexity index is 817. The molecule has 2 aromatic rings. The van der Waals surface area contributed by atoms with Gasteiger partial charge in [0.1, 0.15) is 0 Å². The van der Waals surface area contributed by atoms with Crippen LogP contribution in [0.2, 0.25) is 0 Å². The van der Waals surface area contributed by atoms with Crippen LogP contribution < -0.4 is 14.8 Å². The Labute approximate surface area is 156 Å². The number of alkyl halides is 2. The smallest absolute Gasteiger partial charge is 0.395 e. The summed E-state index contributed by atoms with van der Waals surface area (Å²) in [6.07, 6.45) is 0.983. The zero-order valence-corrected chi connectivity index (χ0v) is 14.8. The Morgan fingerprint density at radius 2 is 1.70 bits per heavy atom. The number of rotatable bonds is 4. The van der Waals surface area contributed by atoms with Gasteiger partial charge in [-0.1, -0.05) is 30.3 Å². The second-order valence-electron chi connectivity index (χ2n) is 7.21. The summed E-state index contributed by atoms with van der Waals surface area (Å²) in [5.41, 5.74) is 1.80. The van der Waals surface area contributed by atoms with Crippen LogP contribution in [0.3, 0.4) is 0 Å². The van der Waals surface area contributed by atoms with Crippen LogP contribution in [0.15, 0.2) is 48.5 Å². The molecule has 0 saturated heterocycles. The summed E-state index contributed by atoms with van der Waals surface area (Å²) in [7, 11) is 0. The maximum absolute atomic E-state index is 13.1. The molecule has 142 valence electrons. The second-order valence-corrected chi connectivity index (χ2v) is 7.21. The van der Waals surface area contributed by atoms with Crippen LogP contribution in [0.1, 0.15) is 43.6 Å². The van der Waals surface area contributed by atoms with E-state index in [0.717, 1.165) is 25.7 Å². The molecule has 4 rings (SSSR count). The number of hydrogen-bond donors (Lipinski definition) is 1. The monoisotopic (exact) mass is 373 g/mol. The van der Waals surface area contributed by atoms with Gasteiger partial charge in [-0.2, -0.15) is 0 Å². The van der Waals surface area contributed by atoms with E-state index in [1.807, 2.05) is 6.07 Å². The maximum Gasteiger partial charge on any atom is 0.586 e. The largest absolute Gasteiger partial charge is 0.586 e. The summed E-state index contributed by atoms with van der Waals surface area (Å²) in [6.45, 7) is 0. The van der Waals surface area contributed by atoms with Gasteiger partial charge in [0.25, 0.3) is 0 Å². The molecule has 1 amide bonds. The average molecular weight is 373 g/mol. The molecule has 0 atom stereocenters. The van der Waals surface area contributed by atoms with Gasteiger partial charge in [-0.3, -0.25) is 4.79 Å². The number of ether oxygens (including phenoxy) is 2. The molecule has 2 aromatic carbocycles. The van der Waals surface area contributed by atoms with E-state index < -0.39 is 6.29 Å². The predicted molar refractivity (Wildman–Crippen MR) is 97.0 cm³/mol. The van der Waals surface area contributed by atoms with Gasteiger partial charge in [-0.15, -0.1) is 8.78 Å². The minimum Gasteiger partial charge on any atom is -0.395 e. The molecular weight excluding hydrogens is 352 g/mol. The molecule has 4 nitrogen and oxygen atoms in total. The molecule has 6 heteroatoms. The van der Waals surface area contributed by atoms with Crippen molar-refractivity contribution in [1.82, 2.24) is 0 Å². The zero-order chi connectivity index (χ0) is 18.9. The molecule has 1 saturated carbocycles. The Hall–Kier alpha value is -2.63. The standard InChI is InChI=1S/C21H21F2NO3/c22-21(23)26-18-11-10-17(13-19(18)27-21)24-20(25)12-14-6-8-16(9-7-14)15-4-2-1-3-5-15/h1-5,10-11,13-14,16H,6-9,12H2,(H,24,25)/t14-,16-. The zero-order valence-electron chi connectivity index (χ0n) is 14.8. The topological polar surface area (TPSA) is 47.6 Å². The van der Waals surface area contributed by atoms with Crippen LogP contribution in [0.25, 0.3) is 0 Å². The number of carbonyl (C=O) groups excluding carboxylic acids is 1. The van der Waals surface area contributed by atoms with E-state index in [-0.39, 0.29) is 17.4 Å². The Balaban J connectivity index is 1.28. The van der Waals surface area contributed by atoms with Gasteiger partial charge in [0.15, 0.2) is 11.5 Å². The van der Waals surface area contributed by atoms with Crippen molar-refractivity contribution in [1.29, 1.82) is 0 Å². The maximum atomic E-state index is 13.1. The lowest BCUT2D eigenvalue weighted by molar-refractivity contribution is -0.286. The van der Waals surface area contributed by atoms with Gasteiger partial charge in [-0.25, -0.2) is 0 Å². The van der Waals surface area contributed by atoms with Gasteiger partial charge < -0.3 is 14.8 Å². The first-order valence-corrected chi connectivity index (χ1v) is 9.23. The van der Waals surface area contributed by atoms with Gasteiger partial charge in [-0.05, 0) is 55.2 Å². The summed E-state index contributed by atoms with van der Waals surface area (Å²) in [5.74, 6) is 0.714. The molecule has 0 bridgehead atoms. The highest BCUT2D eigenvalue weighted by molar-refractivity contribution is 5.91. The molecule has 1 N–H and O–H groups in total. The molecule has 27 heavy (non-hydrogen) atoms. The number of halogens is 2. The van der Waals surface area contributed by atoms with Crippen molar-refractivity contribution in [2.45, 2.75) is 44.3 Å². The summed E-state index contributed by atoms with van der Waals surface area (Å²) < 4.78 is 34.9. The quantitative estimate of drug-likeness (QED) is 0.790.